The lowest BCUT2D eigenvalue weighted by Crippen LogP contribution is -2.34. The van der Waals surface area contributed by atoms with Crippen LogP contribution in [0.1, 0.15) is 10.4 Å². The number of amides is 1. The van der Waals surface area contributed by atoms with Crippen LogP contribution in [0.2, 0.25) is 0 Å². The zero-order valence-corrected chi connectivity index (χ0v) is 18.8. The van der Waals surface area contributed by atoms with E-state index in [0.717, 1.165) is 16.9 Å². The van der Waals surface area contributed by atoms with Crippen molar-refractivity contribution in [1.82, 2.24) is 20.3 Å². The lowest BCUT2D eigenvalue weighted by Gasteiger charge is -2.13. The number of rotatable bonds is 6. The van der Waals surface area contributed by atoms with Crippen molar-refractivity contribution in [2.75, 3.05) is 19.5 Å². The lowest BCUT2D eigenvalue weighted by atomic mass is 10.1. The molecule has 8 nitrogen and oxygen atoms in total. The van der Waals surface area contributed by atoms with Gasteiger partial charge in [0.2, 0.25) is 0 Å². The van der Waals surface area contributed by atoms with Crippen LogP contribution in [0.5, 0.6) is 11.5 Å². The van der Waals surface area contributed by atoms with Gasteiger partial charge in [-0.1, -0.05) is 35.5 Å². The maximum Gasteiger partial charge on any atom is 0.261 e. The van der Waals surface area contributed by atoms with Gasteiger partial charge in [-0.25, -0.2) is 4.68 Å². The second kappa shape index (κ2) is 9.92. The fourth-order valence-corrected chi connectivity index (χ4v) is 3.45. The summed E-state index contributed by atoms with van der Waals surface area (Å²) >= 11 is 5.30. The van der Waals surface area contributed by atoms with Crippen LogP contribution < -0.4 is 20.1 Å². The number of methoxy groups -OCH3 is 2. The Bertz CT molecular complexity index is 1270. The molecular formula is C24H21N5O3S. The standard InChI is InChI=1S/C24H21N5O3S/c1-31-19-12-13-20(22(14-19)32-2)23(30)27-24(33)26-17-8-10-18(11-9-17)29-21(15-25-28-29)16-6-4-3-5-7-16/h3-15H,1-2H3,(H2,26,27,30,33). The van der Waals surface area contributed by atoms with E-state index in [4.69, 9.17) is 21.7 Å². The number of anilines is 1. The van der Waals surface area contributed by atoms with Gasteiger partial charge in [-0.3, -0.25) is 10.1 Å². The summed E-state index contributed by atoms with van der Waals surface area (Å²) in [6.45, 7) is 0. The van der Waals surface area contributed by atoms with E-state index in [1.807, 2.05) is 54.6 Å². The summed E-state index contributed by atoms with van der Waals surface area (Å²) in [5, 5.41) is 14.1. The molecule has 0 aliphatic carbocycles. The number of hydrogen-bond donors (Lipinski definition) is 2. The monoisotopic (exact) mass is 459 g/mol. The third kappa shape index (κ3) is 4.99. The van der Waals surface area contributed by atoms with E-state index in [2.05, 4.69) is 20.9 Å². The number of carbonyl (C=O) groups excluding carboxylic acids is 1. The first kappa shape index (κ1) is 22.0. The first-order valence-corrected chi connectivity index (χ1v) is 10.4. The van der Waals surface area contributed by atoms with Gasteiger partial charge in [0.05, 0.1) is 37.4 Å². The minimum absolute atomic E-state index is 0.163. The second-order valence-corrected chi connectivity index (χ2v) is 7.33. The molecule has 0 fully saturated rings. The number of thiocarbonyl (C=S) groups is 1. The number of carbonyl (C=O) groups is 1. The zero-order valence-electron chi connectivity index (χ0n) is 18.0. The minimum atomic E-state index is -0.390. The molecule has 0 saturated carbocycles. The normalized spacial score (nSPS) is 10.4. The van der Waals surface area contributed by atoms with E-state index in [9.17, 15) is 4.79 Å². The van der Waals surface area contributed by atoms with Crippen LogP contribution in [0.15, 0.2) is 79.0 Å². The summed E-state index contributed by atoms with van der Waals surface area (Å²) < 4.78 is 12.2. The molecule has 0 saturated heterocycles. The molecule has 0 aliphatic heterocycles. The van der Waals surface area contributed by atoms with Crippen LogP contribution >= 0.6 is 12.2 Å². The van der Waals surface area contributed by atoms with Crippen molar-refractivity contribution >= 4 is 28.9 Å². The molecule has 1 amide bonds. The van der Waals surface area contributed by atoms with Gasteiger partial charge in [-0.2, -0.15) is 0 Å². The summed E-state index contributed by atoms with van der Waals surface area (Å²) in [7, 11) is 3.03. The number of hydrogen-bond acceptors (Lipinski definition) is 6. The molecule has 1 heterocycles. The third-order valence-electron chi connectivity index (χ3n) is 4.87. The molecule has 4 rings (SSSR count). The van der Waals surface area contributed by atoms with Crippen LogP contribution in [0.4, 0.5) is 5.69 Å². The highest BCUT2D eigenvalue weighted by Crippen LogP contribution is 2.25. The van der Waals surface area contributed by atoms with Gasteiger partial charge >= 0.3 is 0 Å². The molecule has 166 valence electrons. The van der Waals surface area contributed by atoms with Crippen molar-refractivity contribution < 1.29 is 14.3 Å². The number of ether oxygens (including phenoxy) is 2. The summed E-state index contributed by atoms with van der Waals surface area (Å²) in [5.41, 5.74) is 3.80. The highest BCUT2D eigenvalue weighted by molar-refractivity contribution is 7.80. The summed E-state index contributed by atoms with van der Waals surface area (Å²) in [6, 6.07) is 22.3. The first-order chi connectivity index (χ1) is 16.1. The highest BCUT2D eigenvalue weighted by Gasteiger charge is 2.15. The Labute approximate surface area is 196 Å². The van der Waals surface area contributed by atoms with Gasteiger partial charge in [0, 0.05) is 17.3 Å². The summed E-state index contributed by atoms with van der Waals surface area (Å²) in [4.78, 5) is 12.6. The van der Waals surface area contributed by atoms with Gasteiger partial charge < -0.3 is 14.8 Å². The van der Waals surface area contributed by atoms with Crippen molar-refractivity contribution in [2.24, 2.45) is 0 Å². The van der Waals surface area contributed by atoms with Gasteiger partial charge in [0.15, 0.2) is 5.11 Å². The molecule has 3 aromatic carbocycles. The Morgan fingerprint density at radius 2 is 1.73 bits per heavy atom. The molecule has 0 spiro atoms. The van der Waals surface area contributed by atoms with Gasteiger partial charge in [0.25, 0.3) is 5.91 Å². The molecule has 0 bridgehead atoms. The molecule has 1 aromatic heterocycles. The Hall–Kier alpha value is -4.24. The van der Waals surface area contributed by atoms with Crippen LogP contribution in [-0.4, -0.2) is 40.2 Å². The molecule has 0 aliphatic rings. The molecule has 2 N–H and O–H groups in total. The number of aromatic nitrogens is 3. The van der Waals surface area contributed by atoms with E-state index >= 15 is 0 Å². The summed E-state index contributed by atoms with van der Waals surface area (Å²) in [5.74, 6) is 0.590. The average Bonchev–Trinajstić information content (AvgIpc) is 3.34. The lowest BCUT2D eigenvalue weighted by molar-refractivity contribution is 0.0974. The Balaban J connectivity index is 1.44. The number of nitrogens with one attached hydrogen (secondary N) is 2. The zero-order chi connectivity index (χ0) is 23.2. The van der Waals surface area contributed by atoms with E-state index in [0.29, 0.717) is 22.7 Å². The van der Waals surface area contributed by atoms with E-state index < -0.39 is 5.91 Å². The van der Waals surface area contributed by atoms with Crippen LogP contribution in [-0.2, 0) is 0 Å². The van der Waals surface area contributed by atoms with Crippen LogP contribution in [0, 0.1) is 0 Å². The number of benzene rings is 3. The van der Waals surface area contributed by atoms with Crippen LogP contribution in [0.3, 0.4) is 0 Å². The fourth-order valence-electron chi connectivity index (χ4n) is 3.24. The predicted octanol–water partition coefficient (Wildman–Crippen LogP) is 4.08. The summed E-state index contributed by atoms with van der Waals surface area (Å²) in [6.07, 6.45) is 1.72. The predicted molar refractivity (Wildman–Crippen MR) is 130 cm³/mol. The van der Waals surface area contributed by atoms with Gasteiger partial charge in [-0.15, -0.1) is 5.10 Å². The topological polar surface area (TPSA) is 90.3 Å². The fraction of sp³-hybridized carbons (Fsp3) is 0.0833. The molecule has 33 heavy (non-hydrogen) atoms. The maximum absolute atomic E-state index is 12.6. The molecule has 4 aromatic rings. The maximum atomic E-state index is 12.6. The minimum Gasteiger partial charge on any atom is -0.497 e. The quantitative estimate of drug-likeness (QED) is 0.420. The molecule has 0 unspecified atom stereocenters. The van der Waals surface area contributed by atoms with E-state index in [1.54, 1.807) is 36.2 Å². The average molecular weight is 460 g/mol. The largest absolute Gasteiger partial charge is 0.497 e. The van der Waals surface area contributed by atoms with Crippen molar-refractivity contribution in [3.05, 3.63) is 84.6 Å². The van der Waals surface area contributed by atoms with E-state index in [1.165, 1.54) is 7.11 Å². The third-order valence-corrected chi connectivity index (χ3v) is 5.07. The number of nitrogens with zero attached hydrogens (tertiary/aromatic N) is 3. The Morgan fingerprint density at radius 1 is 0.970 bits per heavy atom. The van der Waals surface area contributed by atoms with Crippen LogP contribution in [0.25, 0.3) is 16.9 Å². The highest BCUT2D eigenvalue weighted by atomic mass is 32.1. The Morgan fingerprint density at radius 3 is 2.42 bits per heavy atom. The SMILES string of the molecule is COc1ccc(C(=O)NC(=S)Nc2ccc(-n3nncc3-c3ccccc3)cc2)c(OC)c1. The van der Waals surface area contributed by atoms with Crippen molar-refractivity contribution in [1.29, 1.82) is 0 Å². The molecule has 9 heteroatoms. The molecular weight excluding hydrogens is 438 g/mol. The molecule has 0 atom stereocenters. The van der Waals surface area contributed by atoms with E-state index in [-0.39, 0.29) is 5.11 Å². The second-order valence-electron chi connectivity index (χ2n) is 6.92. The smallest absolute Gasteiger partial charge is 0.261 e. The first-order valence-electron chi connectivity index (χ1n) is 10.00. The van der Waals surface area contributed by atoms with Crippen molar-refractivity contribution in [3.63, 3.8) is 0 Å². The van der Waals surface area contributed by atoms with Crippen molar-refractivity contribution in [2.45, 2.75) is 0 Å². The molecule has 0 radical (unpaired) electrons. The van der Waals surface area contributed by atoms with Gasteiger partial charge in [0.1, 0.15) is 11.5 Å². The Kier molecular flexibility index (Phi) is 6.61. The van der Waals surface area contributed by atoms with Gasteiger partial charge in [-0.05, 0) is 48.6 Å². The van der Waals surface area contributed by atoms with Crippen molar-refractivity contribution in [3.8, 4) is 28.4 Å².